The number of carboxylic acids is 1. The molecule has 1 atom stereocenters. The minimum absolute atomic E-state index is 0.117. The van der Waals surface area contributed by atoms with Gasteiger partial charge in [-0.1, -0.05) is 36.4 Å². The molecule has 0 aliphatic rings. The monoisotopic (exact) mass is 277 g/mol. The second-order valence-electron chi connectivity index (χ2n) is 4.32. The first-order valence-corrected chi connectivity index (χ1v) is 6.44. The maximum atomic E-state index is 11.5. The summed E-state index contributed by atoms with van der Waals surface area (Å²) in [4.78, 5) is 22.6. The average molecular weight is 277 g/mol. The number of carbonyl (C=O) groups is 2. The number of ether oxygens (including phenoxy) is 1. The highest BCUT2D eigenvalue weighted by atomic mass is 16.5. The Morgan fingerprint density at radius 3 is 2.65 bits per heavy atom. The standard InChI is InChI=1S/C15H19NO4/c1-2-3-5-10-13(14(17)18)16-15(19)20-11-12-8-6-4-7-9-12/h2,4,6-9,13H,1,3,5,10-11H2,(H,16,19)(H,17,18)/t13-/m0/s1. The number of alkyl carbamates (subject to hydrolysis) is 1. The lowest BCUT2D eigenvalue weighted by atomic mass is 10.1. The van der Waals surface area contributed by atoms with Crippen molar-refractivity contribution in [3.8, 4) is 0 Å². The first-order valence-electron chi connectivity index (χ1n) is 6.44. The number of hydrogen-bond donors (Lipinski definition) is 2. The second-order valence-corrected chi connectivity index (χ2v) is 4.32. The van der Waals surface area contributed by atoms with Gasteiger partial charge in [0.05, 0.1) is 0 Å². The Kier molecular flexibility index (Phi) is 6.89. The number of allylic oxidation sites excluding steroid dienone is 1. The predicted octanol–water partition coefficient (Wildman–Crippen LogP) is 2.72. The molecule has 1 rings (SSSR count). The number of rotatable bonds is 8. The van der Waals surface area contributed by atoms with E-state index in [1.807, 2.05) is 30.3 Å². The van der Waals surface area contributed by atoms with Gasteiger partial charge in [0.25, 0.3) is 0 Å². The van der Waals surface area contributed by atoms with Crippen LogP contribution in [-0.4, -0.2) is 23.2 Å². The van der Waals surface area contributed by atoms with Gasteiger partial charge in [-0.05, 0) is 24.8 Å². The van der Waals surface area contributed by atoms with Crippen LogP contribution in [0.15, 0.2) is 43.0 Å². The van der Waals surface area contributed by atoms with Gasteiger partial charge in [-0.15, -0.1) is 6.58 Å². The van der Waals surface area contributed by atoms with Gasteiger partial charge in [-0.25, -0.2) is 9.59 Å². The van der Waals surface area contributed by atoms with Gasteiger partial charge in [-0.2, -0.15) is 0 Å². The van der Waals surface area contributed by atoms with Gasteiger partial charge in [0.15, 0.2) is 0 Å². The zero-order chi connectivity index (χ0) is 14.8. The third-order valence-electron chi connectivity index (χ3n) is 2.70. The maximum Gasteiger partial charge on any atom is 0.408 e. The molecule has 1 aromatic rings. The highest BCUT2D eigenvalue weighted by Crippen LogP contribution is 2.04. The van der Waals surface area contributed by atoms with E-state index in [0.29, 0.717) is 19.3 Å². The minimum Gasteiger partial charge on any atom is -0.480 e. The SMILES string of the molecule is C=CCCC[C@H](NC(=O)OCc1ccccc1)C(=O)O. The fourth-order valence-electron chi connectivity index (χ4n) is 1.63. The van der Waals surface area contributed by atoms with E-state index in [1.54, 1.807) is 6.08 Å². The second kappa shape index (κ2) is 8.74. The molecule has 0 bridgehead atoms. The molecule has 0 spiro atoms. The molecule has 0 saturated carbocycles. The summed E-state index contributed by atoms with van der Waals surface area (Å²) in [6.45, 7) is 3.68. The fraction of sp³-hybridized carbons (Fsp3) is 0.333. The molecule has 0 aliphatic carbocycles. The van der Waals surface area contributed by atoms with Crippen molar-refractivity contribution in [2.45, 2.75) is 31.9 Å². The fourth-order valence-corrected chi connectivity index (χ4v) is 1.63. The summed E-state index contributed by atoms with van der Waals surface area (Å²) in [5.41, 5.74) is 0.848. The van der Waals surface area contributed by atoms with Crippen LogP contribution in [0.4, 0.5) is 4.79 Å². The van der Waals surface area contributed by atoms with Crippen molar-refractivity contribution >= 4 is 12.1 Å². The predicted molar refractivity (Wildman–Crippen MR) is 75.2 cm³/mol. The first-order chi connectivity index (χ1) is 9.63. The van der Waals surface area contributed by atoms with Crippen LogP contribution in [0.2, 0.25) is 0 Å². The third-order valence-corrected chi connectivity index (χ3v) is 2.70. The number of unbranched alkanes of at least 4 members (excludes halogenated alkanes) is 1. The van der Waals surface area contributed by atoms with Crippen molar-refractivity contribution in [3.63, 3.8) is 0 Å². The van der Waals surface area contributed by atoms with E-state index in [1.165, 1.54) is 0 Å². The van der Waals surface area contributed by atoms with Crippen molar-refractivity contribution in [1.29, 1.82) is 0 Å². The Hall–Kier alpha value is -2.30. The van der Waals surface area contributed by atoms with E-state index < -0.39 is 18.1 Å². The minimum atomic E-state index is -1.06. The summed E-state index contributed by atoms with van der Waals surface area (Å²) in [7, 11) is 0. The Morgan fingerprint density at radius 2 is 2.05 bits per heavy atom. The number of carbonyl (C=O) groups excluding carboxylic acids is 1. The number of hydrogen-bond acceptors (Lipinski definition) is 3. The summed E-state index contributed by atoms with van der Waals surface area (Å²) < 4.78 is 4.98. The normalized spacial score (nSPS) is 11.4. The van der Waals surface area contributed by atoms with Crippen LogP contribution in [0.3, 0.4) is 0 Å². The first kappa shape index (κ1) is 15.8. The highest BCUT2D eigenvalue weighted by Gasteiger charge is 2.19. The lowest BCUT2D eigenvalue weighted by molar-refractivity contribution is -0.139. The van der Waals surface area contributed by atoms with Crippen molar-refractivity contribution in [1.82, 2.24) is 5.32 Å². The molecular formula is C15H19NO4. The van der Waals surface area contributed by atoms with Gasteiger partial charge in [0, 0.05) is 0 Å². The van der Waals surface area contributed by atoms with E-state index in [9.17, 15) is 9.59 Å². The van der Waals surface area contributed by atoms with Crippen molar-refractivity contribution in [2.24, 2.45) is 0 Å². The zero-order valence-corrected chi connectivity index (χ0v) is 11.2. The summed E-state index contributed by atoms with van der Waals surface area (Å²) in [5, 5.41) is 11.4. The quantitative estimate of drug-likeness (QED) is 0.566. The Morgan fingerprint density at radius 1 is 1.35 bits per heavy atom. The van der Waals surface area contributed by atoms with Crippen LogP contribution >= 0.6 is 0 Å². The topological polar surface area (TPSA) is 75.6 Å². The Bertz CT molecular complexity index is 444. The summed E-state index contributed by atoms with van der Waals surface area (Å²) >= 11 is 0. The van der Waals surface area contributed by atoms with E-state index in [-0.39, 0.29) is 6.61 Å². The van der Waals surface area contributed by atoms with Gasteiger partial charge in [0.1, 0.15) is 12.6 Å². The highest BCUT2D eigenvalue weighted by molar-refractivity contribution is 5.79. The zero-order valence-electron chi connectivity index (χ0n) is 11.2. The molecular weight excluding hydrogens is 258 g/mol. The van der Waals surface area contributed by atoms with Crippen LogP contribution in [0, 0.1) is 0 Å². The van der Waals surface area contributed by atoms with Crippen LogP contribution in [-0.2, 0) is 16.1 Å². The maximum absolute atomic E-state index is 11.5. The summed E-state index contributed by atoms with van der Waals surface area (Å²) in [6.07, 6.45) is 2.71. The average Bonchev–Trinajstić information content (AvgIpc) is 2.45. The molecule has 0 heterocycles. The number of carboxylic acid groups (broad SMARTS) is 1. The smallest absolute Gasteiger partial charge is 0.408 e. The molecule has 0 aliphatic heterocycles. The molecule has 20 heavy (non-hydrogen) atoms. The lowest BCUT2D eigenvalue weighted by Gasteiger charge is -2.14. The van der Waals surface area contributed by atoms with Crippen LogP contribution < -0.4 is 5.32 Å². The van der Waals surface area contributed by atoms with Gasteiger partial charge in [0.2, 0.25) is 0 Å². The molecule has 1 amide bonds. The number of amides is 1. The summed E-state index contributed by atoms with van der Waals surface area (Å²) in [5.74, 6) is -1.06. The van der Waals surface area contributed by atoms with Crippen molar-refractivity contribution < 1.29 is 19.4 Å². The van der Waals surface area contributed by atoms with Crippen molar-refractivity contribution in [3.05, 3.63) is 48.6 Å². The van der Waals surface area contributed by atoms with Crippen LogP contribution in [0.25, 0.3) is 0 Å². The van der Waals surface area contributed by atoms with Crippen molar-refractivity contribution in [2.75, 3.05) is 0 Å². The van der Waals surface area contributed by atoms with Gasteiger partial charge >= 0.3 is 12.1 Å². The Labute approximate surface area is 118 Å². The van der Waals surface area contributed by atoms with Crippen LogP contribution in [0.1, 0.15) is 24.8 Å². The number of benzene rings is 1. The van der Waals surface area contributed by atoms with Gasteiger partial charge < -0.3 is 15.2 Å². The molecule has 0 unspecified atom stereocenters. The third kappa shape index (κ3) is 6.04. The largest absolute Gasteiger partial charge is 0.480 e. The van der Waals surface area contributed by atoms with Crippen LogP contribution in [0.5, 0.6) is 0 Å². The van der Waals surface area contributed by atoms with E-state index in [0.717, 1.165) is 5.56 Å². The molecule has 0 aromatic heterocycles. The molecule has 108 valence electrons. The number of nitrogens with one attached hydrogen (secondary N) is 1. The Balaban J connectivity index is 2.37. The van der Waals surface area contributed by atoms with E-state index >= 15 is 0 Å². The molecule has 2 N–H and O–H groups in total. The van der Waals surface area contributed by atoms with E-state index in [4.69, 9.17) is 9.84 Å². The molecule has 0 radical (unpaired) electrons. The number of aliphatic carboxylic acids is 1. The molecule has 1 aromatic carbocycles. The lowest BCUT2D eigenvalue weighted by Crippen LogP contribution is -2.40. The molecule has 0 fully saturated rings. The van der Waals surface area contributed by atoms with Gasteiger partial charge in [-0.3, -0.25) is 0 Å². The molecule has 5 heteroatoms. The molecule has 5 nitrogen and oxygen atoms in total. The van der Waals surface area contributed by atoms with E-state index in [2.05, 4.69) is 11.9 Å². The summed E-state index contributed by atoms with van der Waals surface area (Å²) in [6, 6.07) is 8.26. The molecule has 0 saturated heterocycles.